The lowest BCUT2D eigenvalue weighted by molar-refractivity contribution is -0.147. The summed E-state index contributed by atoms with van der Waals surface area (Å²) >= 11 is 0. The van der Waals surface area contributed by atoms with Crippen LogP contribution in [0, 0.1) is 0 Å². The zero-order chi connectivity index (χ0) is 14.6. The molecular weight excluding hydrogens is 258 g/mol. The normalized spacial score (nSPS) is 25.4. The van der Waals surface area contributed by atoms with E-state index < -0.39 is 5.54 Å². The molecule has 0 aliphatic heterocycles. The molecule has 0 aromatic heterocycles. The van der Waals surface area contributed by atoms with Crippen LogP contribution in [0.1, 0.15) is 24.8 Å². The number of ether oxygens (including phenoxy) is 3. The summed E-state index contributed by atoms with van der Waals surface area (Å²) in [6.07, 6.45) is 1.76. The molecule has 0 saturated heterocycles. The number of carbonyl (C=O) groups is 1. The van der Waals surface area contributed by atoms with Gasteiger partial charge in [-0.1, -0.05) is 12.1 Å². The maximum atomic E-state index is 11.7. The first-order chi connectivity index (χ1) is 9.57. The minimum absolute atomic E-state index is 0.0584. The number of rotatable bonds is 5. The van der Waals surface area contributed by atoms with Crippen LogP contribution in [0.4, 0.5) is 0 Å². The molecule has 110 valence electrons. The SMILES string of the molecule is COCc1cccc(OC2CCC(N)(C(=O)OC)C2)c1. The third kappa shape index (κ3) is 3.29. The highest BCUT2D eigenvalue weighted by Crippen LogP contribution is 2.32. The lowest BCUT2D eigenvalue weighted by Crippen LogP contribution is -2.47. The maximum Gasteiger partial charge on any atom is 0.325 e. The van der Waals surface area contributed by atoms with Gasteiger partial charge in [-0.3, -0.25) is 4.79 Å². The first-order valence-corrected chi connectivity index (χ1v) is 6.69. The van der Waals surface area contributed by atoms with Gasteiger partial charge in [-0.05, 0) is 30.5 Å². The van der Waals surface area contributed by atoms with Crippen molar-refractivity contribution < 1.29 is 19.0 Å². The van der Waals surface area contributed by atoms with Gasteiger partial charge in [0.25, 0.3) is 0 Å². The maximum absolute atomic E-state index is 11.7. The van der Waals surface area contributed by atoms with Gasteiger partial charge in [-0.15, -0.1) is 0 Å². The Morgan fingerprint density at radius 1 is 1.45 bits per heavy atom. The molecule has 0 bridgehead atoms. The fourth-order valence-corrected chi connectivity index (χ4v) is 2.59. The summed E-state index contributed by atoms with van der Waals surface area (Å²) in [6, 6.07) is 7.74. The molecule has 0 heterocycles. The van der Waals surface area contributed by atoms with E-state index in [1.165, 1.54) is 7.11 Å². The van der Waals surface area contributed by atoms with E-state index in [4.69, 9.17) is 19.9 Å². The fourth-order valence-electron chi connectivity index (χ4n) is 2.59. The predicted molar refractivity (Wildman–Crippen MR) is 74.4 cm³/mol. The summed E-state index contributed by atoms with van der Waals surface area (Å²) in [5.41, 5.74) is 6.20. The molecule has 1 aromatic carbocycles. The van der Waals surface area contributed by atoms with Gasteiger partial charge in [0.05, 0.1) is 13.7 Å². The van der Waals surface area contributed by atoms with E-state index in [-0.39, 0.29) is 12.1 Å². The summed E-state index contributed by atoms with van der Waals surface area (Å²) in [7, 11) is 3.02. The smallest absolute Gasteiger partial charge is 0.325 e. The van der Waals surface area contributed by atoms with Crippen LogP contribution in [0.3, 0.4) is 0 Å². The number of esters is 1. The Bertz CT molecular complexity index is 477. The third-order valence-corrected chi connectivity index (χ3v) is 3.61. The molecule has 2 rings (SSSR count). The molecule has 1 aliphatic rings. The number of benzene rings is 1. The van der Waals surface area contributed by atoms with E-state index in [1.54, 1.807) is 7.11 Å². The van der Waals surface area contributed by atoms with Gasteiger partial charge in [0.1, 0.15) is 17.4 Å². The Balaban J connectivity index is 1.98. The van der Waals surface area contributed by atoms with Gasteiger partial charge < -0.3 is 19.9 Å². The van der Waals surface area contributed by atoms with Crippen molar-refractivity contribution in [1.82, 2.24) is 0 Å². The van der Waals surface area contributed by atoms with Crippen LogP contribution in [-0.2, 0) is 20.9 Å². The Kier molecular flexibility index (Phi) is 4.62. The minimum Gasteiger partial charge on any atom is -0.490 e. The van der Waals surface area contributed by atoms with Gasteiger partial charge >= 0.3 is 5.97 Å². The van der Waals surface area contributed by atoms with E-state index in [2.05, 4.69) is 0 Å². The van der Waals surface area contributed by atoms with Crippen LogP contribution < -0.4 is 10.5 Å². The number of methoxy groups -OCH3 is 2. The third-order valence-electron chi connectivity index (χ3n) is 3.61. The van der Waals surface area contributed by atoms with Gasteiger partial charge in [-0.2, -0.15) is 0 Å². The molecule has 1 saturated carbocycles. The lowest BCUT2D eigenvalue weighted by atomic mass is 10.00. The molecule has 0 amide bonds. The van der Waals surface area contributed by atoms with Gasteiger partial charge in [0.15, 0.2) is 0 Å². The van der Waals surface area contributed by atoms with E-state index in [1.807, 2.05) is 24.3 Å². The monoisotopic (exact) mass is 279 g/mol. The Hall–Kier alpha value is -1.59. The summed E-state index contributed by atoms with van der Waals surface area (Å²) in [5.74, 6) is 0.412. The molecule has 2 atom stereocenters. The summed E-state index contributed by atoms with van der Waals surface area (Å²) in [6.45, 7) is 0.546. The molecule has 5 nitrogen and oxygen atoms in total. The molecule has 1 aliphatic carbocycles. The molecule has 2 unspecified atom stereocenters. The Morgan fingerprint density at radius 3 is 2.95 bits per heavy atom. The van der Waals surface area contributed by atoms with Crippen LogP contribution in [-0.4, -0.2) is 31.8 Å². The molecule has 1 fully saturated rings. The van der Waals surface area contributed by atoms with E-state index in [0.29, 0.717) is 19.4 Å². The first-order valence-electron chi connectivity index (χ1n) is 6.69. The largest absolute Gasteiger partial charge is 0.490 e. The second-order valence-electron chi connectivity index (χ2n) is 5.21. The van der Waals surface area contributed by atoms with Crippen molar-refractivity contribution >= 4 is 5.97 Å². The molecule has 1 aromatic rings. The van der Waals surface area contributed by atoms with Gasteiger partial charge in [0, 0.05) is 13.5 Å². The fraction of sp³-hybridized carbons (Fsp3) is 0.533. The van der Waals surface area contributed by atoms with Gasteiger partial charge in [0.2, 0.25) is 0 Å². The Labute approximate surface area is 119 Å². The molecule has 20 heavy (non-hydrogen) atoms. The topological polar surface area (TPSA) is 70.8 Å². The lowest BCUT2D eigenvalue weighted by Gasteiger charge is -2.21. The van der Waals surface area contributed by atoms with Crippen molar-refractivity contribution in [2.75, 3.05) is 14.2 Å². The van der Waals surface area contributed by atoms with Crippen LogP contribution in [0.5, 0.6) is 5.75 Å². The number of nitrogens with two attached hydrogens (primary N) is 1. The number of carbonyl (C=O) groups excluding carboxylic acids is 1. The average Bonchev–Trinajstić information content (AvgIpc) is 2.81. The van der Waals surface area contributed by atoms with Crippen molar-refractivity contribution in [1.29, 1.82) is 0 Å². The quantitative estimate of drug-likeness (QED) is 0.830. The van der Waals surface area contributed by atoms with E-state index >= 15 is 0 Å². The second kappa shape index (κ2) is 6.24. The molecular formula is C15H21NO4. The summed E-state index contributed by atoms with van der Waals surface area (Å²) in [5, 5.41) is 0. The molecule has 0 radical (unpaired) electrons. The van der Waals surface area contributed by atoms with E-state index in [9.17, 15) is 4.79 Å². The summed E-state index contributed by atoms with van der Waals surface area (Å²) in [4.78, 5) is 11.7. The highest BCUT2D eigenvalue weighted by atomic mass is 16.5. The number of hydrogen-bond donors (Lipinski definition) is 1. The zero-order valence-electron chi connectivity index (χ0n) is 11.9. The van der Waals surface area contributed by atoms with Crippen molar-refractivity contribution in [2.45, 2.75) is 37.5 Å². The van der Waals surface area contributed by atoms with Gasteiger partial charge in [-0.25, -0.2) is 0 Å². The first kappa shape index (κ1) is 14.8. The van der Waals surface area contributed by atoms with Crippen LogP contribution in [0.25, 0.3) is 0 Å². The van der Waals surface area contributed by atoms with Crippen molar-refractivity contribution in [2.24, 2.45) is 5.73 Å². The van der Waals surface area contributed by atoms with E-state index in [0.717, 1.165) is 17.7 Å². The molecule has 5 heteroatoms. The van der Waals surface area contributed by atoms with Crippen LogP contribution >= 0.6 is 0 Å². The molecule has 0 spiro atoms. The average molecular weight is 279 g/mol. The number of hydrogen-bond acceptors (Lipinski definition) is 5. The van der Waals surface area contributed by atoms with Crippen molar-refractivity contribution in [3.05, 3.63) is 29.8 Å². The van der Waals surface area contributed by atoms with Crippen molar-refractivity contribution in [3.63, 3.8) is 0 Å². The Morgan fingerprint density at radius 2 is 2.25 bits per heavy atom. The predicted octanol–water partition coefficient (Wildman–Crippen LogP) is 1.63. The standard InChI is InChI=1S/C15H21NO4/c1-18-10-11-4-3-5-12(8-11)20-13-6-7-15(16,9-13)14(17)19-2/h3-5,8,13H,6-7,9-10,16H2,1-2H3. The highest BCUT2D eigenvalue weighted by Gasteiger charge is 2.44. The highest BCUT2D eigenvalue weighted by molar-refractivity contribution is 5.80. The zero-order valence-corrected chi connectivity index (χ0v) is 11.9. The van der Waals surface area contributed by atoms with Crippen molar-refractivity contribution in [3.8, 4) is 5.75 Å². The second-order valence-corrected chi connectivity index (χ2v) is 5.21. The van der Waals surface area contributed by atoms with Crippen LogP contribution in [0.2, 0.25) is 0 Å². The summed E-state index contributed by atoms with van der Waals surface area (Å²) < 4.78 is 15.8. The molecule has 2 N–H and O–H groups in total. The van der Waals surface area contributed by atoms with Crippen LogP contribution in [0.15, 0.2) is 24.3 Å². The minimum atomic E-state index is -0.913.